The van der Waals surface area contributed by atoms with E-state index in [-0.39, 0.29) is 6.61 Å². The van der Waals surface area contributed by atoms with Gasteiger partial charge in [-0.3, -0.25) is 4.79 Å². The highest BCUT2D eigenvalue weighted by Gasteiger charge is 2.20. The van der Waals surface area contributed by atoms with Crippen LogP contribution in [-0.2, 0) is 22.4 Å². The van der Waals surface area contributed by atoms with Crippen molar-refractivity contribution in [2.45, 2.75) is 19.3 Å². The van der Waals surface area contributed by atoms with E-state index in [2.05, 4.69) is 5.32 Å². The molecule has 0 aliphatic heterocycles. The maximum atomic E-state index is 12.1. The molecule has 3 rings (SSSR count). The average molecular weight is 391 g/mol. The van der Waals surface area contributed by atoms with Gasteiger partial charge in [-0.2, -0.15) is 0 Å². The van der Waals surface area contributed by atoms with Crippen LogP contribution >= 0.6 is 11.3 Å². The number of aryl methyl sites for hydroxylation is 2. The summed E-state index contributed by atoms with van der Waals surface area (Å²) in [5.41, 5.74) is 1.66. The average Bonchev–Trinajstić information content (AvgIpc) is 3.27. The topological polar surface area (TPSA) is 83.1 Å². The number of esters is 1. The Labute approximate surface area is 161 Å². The molecule has 0 radical (unpaired) electrons. The van der Waals surface area contributed by atoms with Crippen molar-refractivity contribution < 1.29 is 28.5 Å². The number of carbonyl (C=O) groups excluding carboxylic acids is 2. The lowest BCUT2D eigenvalue weighted by Gasteiger charge is -2.14. The summed E-state index contributed by atoms with van der Waals surface area (Å²) in [6, 6.07) is 5.07. The fourth-order valence-corrected chi connectivity index (χ4v) is 4.13. The molecule has 7 nitrogen and oxygen atoms in total. The lowest BCUT2D eigenvalue weighted by atomic mass is 10.2. The molecule has 0 spiro atoms. The smallest absolute Gasteiger partial charge is 0.348 e. The van der Waals surface area contributed by atoms with E-state index < -0.39 is 11.9 Å². The predicted molar refractivity (Wildman–Crippen MR) is 101 cm³/mol. The first-order valence-electron chi connectivity index (χ1n) is 8.44. The molecule has 1 aromatic heterocycles. The van der Waals surface area contributed by atoms with Gasteiger partial charge in [0, 0.05) is 22.7 Å². The molecule has 1 heterocycles. The molecule has 1 amide bonds. The minimum atomic E-state index is -0.477. The third-order valence-corrected chi connectivity index (χ3v) is 5.45. The molecule has 0 saturated heterocycles. The summed E-state index contributed by atoms with van der Waals surface area (Å²) in [6.45, 7) is -0.377. The summed E-state index contributed by atoms with van der Waals surface area (Å²) in [5.74, 6) is 0.320. The Morgan fingerprint density at radius 3 is 2.33 bits per heavy atom. The first-order chi connectivity index (χ1) is 13.0. The molecule has 144 valence electrons. The van der Waals surface area contributed by atoms with E-state index in [0.717, 1.165) is 19.3 Å². The van der Waals surface area contributed by atoms with Gasteiger partial charge in [0.15, 0.2) is 18.1 Å². The normalized spacial score (nSPS) is 12.3. The second-order valence-corrected chi connectivity index (χ2v) is 7.09. The second-order valence-electron chi connectivity index (χ2n) is 5.95. The lowest BCUT2D eigenvalue weighted by Crippen LogP contribution is -2.20. The number of methoxy groups -OCH3 is 3. The van der Waals surface area contributed by atoms with Gasteiger partial charge in [0.25, 0.3) is 5.91 Å². The number of ether oxygens (including phenoxy) is 4. The number of hydrogen-bond donors (Lipinski definition) is 1. The Balaban J connectivity index is 1.61. The van der Waals surface area contributed by atoms with Gasteiger partial charge in [-0.05, 0) is 30.9 Å². The molecule has 1 aliphatic rings. The van der Waals surface area contributed by atoms with Crippen molar-refractivity contribution in [2.75, 3.05) is 33.3 Å². The van der Waals surface area contributed by atoms with E-state index in [1.54, 1.807) is 12.1 Å². The Morgan fingerprint density at radius 1 is 1.04 bits per heavy atom. The van der Waals surface area contributed by atoms with Gasteiger partial charge >= 0.3 is 5.97 Å². The predicted octanol–water partition coefficient (Wildman–Crippen LogP) is 3.06. The summed E-state index contributed by atoms with van der Waals surface area (Å²) in [4.78, 5) is 26.1. The minimum Gasteiger partial charge on any atom is -0.493 e. The van der Waals surface area contributed by atoms with Crippen LogP contribution in [-0.4, -0.2) is 39.8 Å². The number of hydrogen-bond acceptors (Lipinski definition) is 7. The fourth-order valence-electron chi connectivity index (χ4n) is 2.98. The van der Waals surface area contributed by atoms with Gasteiger partial charge < -0.3 is 24.3 Å². The van der Waals surface area contributed by atoms with Gasteiger partial charge in [0.2, 0.25) is 5.75 Å². The number of nitrogens with one attached hydrogen (secondary N) is 1. The zero-order valence-corrected chi connectivity index (χ0v) is 16.2. The minimum absolute atomic E-state index is 0.377. The summed E-state index contributed by atoms with van der Waals surface area (Å²) < 4.78 is 20.9. The molecular formula is C19H21NO6S. The molecule has 8 heteroatoms. The Bertz CT molecular complexity index is 813. The summed E-state index contributed by atoms with van der Waals surface area (Å²) in [7, 11) is 4.48. The van der Waals surface area contributed by atoms with Crippen molar-refractivity contribution >= 4 is 28.9 Å². The van der Waals surface area contributed by atoms with Crippen LogP contribution in [0.25, 0.3) is 0 Å². The van der Waals surface area contributed by atoms with Gasteiger partial charge in [-0.15, -0.1) is 11.3 Å². The third-order valence-electron chi connectivity index (χ3n) is 4.23. The molecule has 0 unspecified atom stereocenters. The molecular weight excluding hydrogens is 370 g/mol. The van der Waals surface area contributed by atoms with Crippen molar-refractivity contribution in [3.05, 3.63) is 33.5 Å². The summed E-state index contributed by atoms with van der Waals surface area (Å²) in [5, 5.41) is 2.66. The Kier molecular flexibility index (Phi) is 5.85. The first-order valence-corrected chi connectivity index (χ1v) is 9.26. The van der Waals surface area contributed by atoms with Crippen LogP contribution in [0.15, 0.2) is 18.2 Å². The van der Waals surface area contributed by atoms with Gasteiger partial charge in [-0.25, -0.2) is 4.79 Å². The Morgan fingerprint density at radius 2 is 1.74 bits per heavy atom. The standard InChI is InChI=1S/C19H21NO6S/c1-23-13-8-12(9-14(24-2)18(13)25-3)20-17(21)10-26-19(22)16-7-11-5-4-6-15(11)27-16/h7-9H,4-6,10H2,1-3H3,(H,20,21). The molecule has 0 saturated carbocycles. The molecule has 1 aliphatic carbocycles. The van der Waals surface area contributed by atoms with Crippen molar-refractivity contribution in [3.8, 4) is 17.2 Å². The number of fused-ring (bicyclic) bond motifs is 1. The van der Waals surface area contributed by atoms with Gasteiger partial charge in [-0.1, -0.05) is 0 Å². The maximum Gasteiger partial charge on any atom is 0.348 e. The van der Waals surface area contributed by atoms with Crippen molar-refractivity contribution in [1.29, 1.82) is 0 Å². The zero-order valence-electron chi connectivity index (χ0n) is 15.4. The van der Waals surface area contributed by atoms with Crippen molar-refractivity contribution in [1.82, 2.24) is 0 Å². The highest BCUT2D eigenvalue weighted by atomic mass is 32.1. The SMILES string of the molecule is COc1cc(NC(=O)COC(=O)c2cc3c(s2)CCC3)cc(OC)c1OC. The quantitative estimate of drug-likeness (QED) is 0.731. The molecule has 0 bridgehead atoms. The second kappa shape index (κ2) is 8.30. The van der Waals surface area contributed by atoms with E-state index >= 15 is 0 Å². The molecule has 1 N–H and O–H groups in total. The van der Waals surface area contributed by atoms with Crippen LogP contribution in [0.5, 0.6) is 17.2 Å². The van der Waals surface area contributed by atoms with Crippen molar-refractivity contribution in [2.24, 2.45) is 0 Å². The number of thiophene rings is 1. The van der Waals surface area contributed by atoms with E-state index in [1.807, 2.05) is 6.07 Å². The molecule has 2 aromatic rings. The first kappa shape index (κ1) is 19.0. The van der Waals surface area contributed by atoms with Gasteiger partial charge in [0.1, 0.15) is 4.88 Å². The molecule has 1 aromatic carbocycles. The lowest BCUT2D eigenvalue weighted by molar-refractivity contribution is -0.119. The monoisotopic (exact) mass is 391 g/mol. The van der Waals surface area contributed by atoms with E-state index in [1.165, 1.54) is 43.1 Å². The van der Waals surface area contributed by atoms with Crippen LogP contribution in [0, 0.1) is 0 Å². The highest BCUT2D eigenvalue weighted by molar-refractivity contribution is 7.14. The number of anilines is 1. The number of amides is 1. The van der Waals surface area contributed by atoms with Gasteiger partial charge in [0.05, 0.1) is 21.3 Å². The van der Waals surface area contributed by atoms with E-state index in [4.69, 9.17) is 18.9 Å². The molecule has 27 heavy (non-hydrogen) atoms. The van der Waals surface area contributed by atoms with Crippen LogP contribution in [0.2, 0.25) is 0 Å². The van der Waals surface area contributed by atoms with E-state index in [0.29, 0.717) is 27.8 Å². The number of benzene rings is 1. The number of carbonyl (C=O) groups is 2. The van der Waals surface area contributed by atoms with E-state index in [9.17, 15) is 9.59 Å². The zero-order chi connectivity index (χ0) is 19.4. The highest BCUT2D eigenvalue weighted by Crippen LogP contribution is 2.39. The van der Waals surface area contributed by atoms with Crippen molar-refractivity contribution in [3.63, 3.8) is 0 Å². The third kappa shape index (κ3) is 4.16. The van der Waals surface area contributed by atoms with Crippen LogP contribution in [0.4, 0.5) is 5.69 Å². The van der Waals surface area contributed by atoms with Crippen LogP contribution in [0.3, 0.4) is 0 Å². The van der Waals surface area contributed by atoms with Crippen LogP contribution in [0.1, 0.15) is 26.5 Å². The number of rotatable bonds is 7. The largest absolute Gasteiger partial charge is 0.493 e. The summed E-state index contributed by atoms with van der Waals surface area (Å²) >= 11 is 1.45. The fraction of sp³-hybridized carbons (Fsp3) is 0.368. The molecule has 0 atom stereocenters. The molecule has 0 fully saturated rings. The Hall–Kier alpha value is -2.74. The van der Waals surface area contributed by atoms with Crippen LogP contribution < -0.4 is 19.5 Å². The maximum absolute atomic E-state index is 12.1. The summed E-state index contributed by atoms with van der Waals surface area (Å²) in [6.07, 6.45) is 3.14.